The van der Waals surface area contributed by atoms with Gasteiger partial charge in [0.15, 0.2) is 0 Å². The minimum absolute atomic E-state index is 0.131. The molecule has 1 aromatic heterocycles. The number of carbonyl (C=O) groups excluding carboxylic acids is 1. The first-order valence-corrected chi connectivity index (χ1v) is 6.48. The Bertz CT molecular complexity index is 499. The Balaban J connectivity index is 1.82. The van der Waals surface area contributed by atoms with Crippen molar-refractivity contribution >= 4 is 28.8 Å². The summed E-state index contributed by atoms with van der Waals surface area (Å²) in [5.41, 5.74) is 3.23. The maximum absolute atomic E-state index is 11.6. The van der Waals surface area contributed by atoms with E-state index in [9.17, 15) is 4.79 Å². The molecular formula is C12H11ClN2OS. The molecular weight excluding hydrogens is 256 g/mol. The molecule has 1 amide bonds. The molecule has 0 radical (unpaired) electrons. The number of halogens is 1. The van der Waals surface area contributed by atoms with Crippen molar-refractivity contribution in [3.63, 3.8) is 0 Å². The third-order valence-electron chi connectivity index (χ3n) is 2.25. The molecule has 3 nitrogen and oxygen atoms in total. The van der Waals surface area contributed by atoms with Crippen LogP contribution < -0.4 is 5.32 Å². The van der Waals surface area contributed by atoms with Gasteiger partial charge in [-0.2, -0.15) is 0 Å². The van der Waals surface area contributed by atoms with Crippen LogP contribution in [0.4, 0.5) is 0 Å². The van der Waals surface area contributed by atoms with Crippen LogP contribution in [0.1, 0.15) is 16.1 Å². The number of rotatable bonds is 4. The molecule has 2 rings (SSSR count). The third-order valence-corrected chi connectivity index (χ3v) is 3.07. The number of nitrogens with zero attached hydrogens (tertiary/aromatic N) is 1. The predicted molar refractivity (Wildman–Crippen MR) is 69.6 cm³/mol. The SMILES string of the molecule is O=C(NCCc1cccc(Cl)c1)c1cscn1. The molecule has 0 spiro atoms. The molecule has 0 aliphatic rings. The number of nitrogens with one attached hydrogen (secondary N) is 1. The van der Waals surface area contributed by atoms with Gasteiger partial charge in [-0.1, -0.05) is 23.7 Å². The maximum atomic E-state index is 11.6. The number of carbonyl (C=O) groups is 1. The average Bonchev–Trinajstić information content (AvgIpc) is 2.82. The Kier molecular flexibility index (Phi) is 4.12. The summed E-state index contributed by atoms with van der Waals surface area (Å²) in [5.74, 6) is -0.131. The number of hydrogen-bond donors (Lipinski definition) is 1. The zero-order valence-electron chi connectivity index (χ0n) is 9.02. The largest absolute Gasteiger partial charge is 0.350 e. The molecule has 0 aliphatic heterocycles. The van der Waals surface area contributed by atoms with Crippen LogP contribution in [0.5, 0.6) is 0 Å². The van der Waals surface area contributed by atoms with Crippen molar-refractivity contribution in [3.8, 4) is 0 Å². The second kappa shape index (κ2) is 5.80. The number of thiazole rings is 1. The average molecular weight is 267 g/mol. The fraction of sp³-hybridized carbons (Fsp3) is 0.167. The zero-order chi connectivity index (χ0) is 12.1. The van der Waals surface area contributed by atoms with Crippen LogP contribution in [0.2, 0.25) is 5.02 Å². The van der Waals surface area contributed by atoms with Gasteiger partial charge in [-0.15, -0.1) is 11.3 Å². The van der Waals surface area contributed by atoms with E-state index in [0.29, 0.717) is 17.3 Å². The smallest absolute Gasteiger partial charge is 0.270 e. The van der Waals surface area contributed by atoms with Crippen molar-refractivity contribution < 1.29 is 4.79 Å². The summed E-state index contributed by atoms with van der Waals surface area (Å²) in [5, 5.41) is 5.26. The van der Waals surface area contributed by atoms with Crippen molar-refractivity contribution in [2.24, 2.45) is 0 Å². The molecule has 0 unspecified atom stereocenters. The fourth-order valence-electron chi connectivity index (χ4n) is 1.43. The van der Waals surface area contributed by atoms with Gasteiger partial charge in [0.05, 0.1) is 5.51 Å². The lowest BCUT2D eigenvalue weighted by molar-refractivity contribution is 0.0950. The standard InChI is InChI=1S/C12H11ClN2OS/c13-10-3-1-2-9(6-10)4-5-14-12(16)11-7-17-8-15-11/h1-3,6-8H,4-5H2,(H,14,16). The molecule has 0 aliphatic carbocycles. The Morgan fingerprint density at radius 2 is 2.35 bits per heavy atom. The summed E-state index contributed by atoms with van der Waals surface area (Å²) in [6.07, 6.45) is 0.760. The van der Waals surface area contributed by atoms with Crippen molar-refractivity contribution in [2.75, 3.05) is 6.54 Å². The molecule has 2 aromatic rings. The quantitative estimate of drug-likeness (QED) is 0.925. The normalized spacial score (nSPS) is 10.2. The maximum Gasteiger partial charge on any atom is 0.270 e. The fourth-order valence-corrected chi connectivity index (χ4v) is 2.17. The lowest BCUT2D eigenvalue weighted by Gasteiger charge is -2.03. The highest BCUT2D eigenvalue weighted by Crippen LogP contribution is 2.10. The van der Waals surface area contributed by atoms with Crippen molar-refractivity contribution in [1.82, 2.24) is 10.3 Å². The van der Waals surface area contributed by atoms with E-state index in [4.69, 9.17) is 11.6 Å². The first kappa shape index (κ1) is 12.1. The van der Waals surface area contributed by atoms with E-state index >= 15 is 0 Å². The molecule has 1 heterocycles. The second-order valence-corrected chi connectivity index (χ2v) is 4.66. The molecule has 0 saturated carbocycles. The van der Waals surface area contributed by atoms with E-state index in [0.717, 1.165) is 12.0 Å². The van der Waals surface area contributed by atoms with E-state index in [-0.39, 0.29) is 5.91 Å². The van der Waals surface area contributed by atoms with Crippen molar-refractivity contribution in [3.05, 3.63) is 51.4 Å². The highest BCUT2D eigenvalue weighted by Gasteiger charge is 2.06. The van der Waals surface area contributed by atoms with E-state index in [2.05, 4.69) is 10.3 Å². The molecule has 17 heavy (non-hydrogen) atoms. The van der Waals surface area contributed by atoms with Gasteiger partial charge < -0.3 is 5.32 Å². The van der Waals surface area contributed by atoms with Gasteiger partial charge in [-0.3, -0.25) is 4.79 Å². The molecule has 0 fully saturated rings. The highest BCUT2D eigenvalue weighted by molar-refractivity contribution is 7.07. The Morgan fingerprint density at radius 1 is 1.47 bits per heavy atom. The Labute approximate surface area is 108 Å². The minimum atomic E-state index is -0.131. The first-order chi connectivity index (χ1) is 8.25. The minimum Gasteiger partial charge on any atom is -0.350 e. The van der Waals surface area contributed by atoms with Crippen LogP contribution in [-0.4, -0.2) is 17.4 Å². The summed E-state index contributed by atoms with van der Waals surface area (Å²) in [4.78, 5) is 15.5. The van der Waals surface area contributed by atoms with Crippen LogP contribution in [0, 0.1) is 0 Å². The summed E-state index contributed by atoms with van der Waals surface area (Å²) >= 11 is 7.28. The van der Waals surface area contributed by atoms with Gasteiger partial charge in [0, 0.05) is 16.9 Å². The van der Waals surface area contributed by atoms with Gasteiger partial charge in [-0.25, -0.2) is 4.98 Å². The van der Waals surface area contributed by atoms with Crippen LogP contribution in [0.3, 0.4) is 0 Å². The first-order valence-electron chi connectivity index (χ1n) is 5.16. The number of aromatic nitrogens is 1. The van der Waals surface area contributed by atoms with Crippen LogP contribution in [0.25, 0.3) is 0 Å². The van der Waals surface area contributed by atoms with Crippen molar-refractivity contribution in [1.29, 1.82) is 0 Å². The summed E-state index contributed by atoms with van der Waals surface area (Å²) in [7, 11) is 0. The van der Waals surface area contributed by atoms with Crippen LogP contribution in [0.15, 0.2) is 35.2 Å². The summed E-state index contributed by atoms with van der Waals surface area (Å²) in [6, 6.07) is 7.62. The van der Waals surface area contributed by atoms with Crippen LogP contribution >= 0.6 is 22.9 Å². The monoisotopic (exact) mass is 266 g/mol. The van der Waals surface area contributed by atoms with Gasteiger partial charge in [0.25, 0.3) is 5.91 Å². The van der Waals surface area contributed by atoms with Crippen LogP contribution in [-0.2, 0) is 6.42 Å². The van der Waals surface area contributed by atoms with Gasteiger partial charge in [-0.05, 0) is 24.1 Å². The molecule has 0 bridgehead atoms. The molecule has 88 valence electrons. The third kappa shape index (κ3) is 3.54. The lowest BCUT2D eigenvalue weighted by atomic mass is 10.1. The zero-order valence-corrected chi connectivity index (χ0v) is 10.6. The predicted octanol–water partition coefficient (Wildman–Crippen LogP) is 2.77. The topological polar surface area (TPSA) is 42.0 Å². The van der Waals surface area contributed by atoms with Gasteiger partial charge in [0.1, 0.15) is 5.69 Å². The summed E-state index contributed by atoms with van der Waals surface area (Å²) in [6.45, 7) is 0.580. The van der Waals surface area contributed by atoms with Crippen molar-refractivity contribution in [2.45, 2.75) is 6.42 Å². The number of benzene rings is 1. The molecule has 0 atom stereocenters. The molecule has 0 saturated heterocycles. The summed E-state index contributed by atoms with van der Waals surface area (Å²) < 4.78 is 0. The lowest BCUT2D eigenvalue weighted by Crippen LogP contribution is -2.25. The van der Waals surface area contributed by atoms with E-state index in [1.807, 2.05) is 24.3 Å². The Hall–Kier alpha value is -1.39. The number of amides is 1. The molecule has 5 heteroatoms. The number of hydrogen-bond acceptors (Lipinski definition) is 3. The molecule has 1 N–H and O–H groups in total. The highest BCUT2D eigenvalue weighted by atomic mass is 35.5. The van der Waals surface area contributed by atoms with Gasteiger partial charge >= 0.3 is 0 Å². The van der Waals surface area contributed by atoms with E-state index in [1.54, 1.807) is 10.9 Å². The van der Waals surface area contributed by atoms with E-state index < -0.39 is 0 Å². The van der Waals surface area contributed by atoms with Gasteiger partial charge in [0.2, 0.25) is 0 Å². The Morgan fingerprint density at radius 3 is 3.06 bits per heavy atom. The van der Waals surface area contributed by atoms with E-state index in [1.165, 1.54) is 11.3 Å². The molecule has 1 aromatic carbocycles. The second-order valence-electron chi connectivity index (χ2n) is 3.51.